The maximum Gasteiger partial charge on any atom is 0.125 e. The Hall–Kier alpha value is -2.99. The topological polar surface area (TPSA) is 55.6 Å². The van der Waals surface area contributed by atoms with Gasteiger partial charge in [-0.15, -0.1) is 11.3 Å². The van der Waals surface area contributed by atoms with Gasteiger partial charge in [-0.05, 0) is 56.9 Å². The van der Waals surface area contributed by atoms with Crippen LogP contribution in [0.4, 0.5) is 5.82 Å². The molecule has 6 heteroatoms. The molecule has 1 N–H and O–H groups in total. The Kier molecular flexibility index (Phi) is 4.64. The Morgan fingerprint density at radius 2 is 2.00 bits per heavy atom. The van der Waals surface area contributed by atoms with E-state index in [1.165, 1.54) is 27.4 Å². The van der Waals surface area contributed by atoms with E-state index in [-0.39, 0.29) is 0 Å². The number of fused-ring (bicyclic) bond motifs is 3. The van der Waals surface area contributed by atoms with E-state index < -0.39 is 0 Å². The van der Waals surface area contributed by atoms with Crippen molar-refractivity contribution >= 4 is 17.2 Å². The van der Waals surface area contributed by atoms with Crippen molar-refractivity contribution in [3.8, 4) is 27.5 Å². The third kappa shape index (κ3) is 3.13. The Morgan fingerprint density at radius 3 is 2.79 bits per heavy atom. The van der Waals surface area contributed by atoms with Gasteiger partial charge < -0.3 is 5.32 Å². The second-order valence-electron chi connectivity index (χ2n) is 7.32. The predicted octanol–water partition coefficient (Wildman–Crippen LogP) is 5.29. The van der Waals surface area contributed by atoms with Crippen molar-refractivity contribution in [3.05, 3.63) is 64.9 Å². The van der Waals surface area contributed by atoms with Gasteiger partial charge in [-0.3, -0.25) is 0 Å². The number of benzene rings is 1. The molecule has 0 saturated carbocycles. The fourth-order valence-electron chi connectivity index (χ4n) is 4.02. The number of pyridine rings is 1. The standard InChI is InChI=1S/C23H23N5S/c1-3-24-20-12-11-16(13-25-20)21-17-8-6-9-18-23(29-14-26-18)22(17)28(27-21)19-10-5-4-7-15(19)2/h4-5,7,10-14H,3,6,8-9H2,1-2H3,(H,24,25). The van der Waals surface area contributed by atoms with Crippen LogP contribution < -0.4 is 5.32 Å². The van der Waals surface area contributed by atoms with Gasteiger partial charge in [0.25, 0.3) is 0 Å². The molecule has 0 aliphatic heterocycles. The predicted molar refractivity (Wildman–Crippen MR) is 119 cm³/mol. The van der Waals surface area contributed by atoms with Gasteiger partial charge in [0.2, 0.25) is 0 Å². The van der Waals surface area contributed by atoms with Crippen molar-refractivity contribution in [2.45, 2.75) is 33.1 Å². The first kappa shape index (κ1) is 18.1. The lowest BCUT2D eigenvalue weighted by Gasteiger charge is -2.10. The largest absolute Gasteiger partial charge is 0.370 e. The smallest absolute Gasteiger partial charge is 0.125 e. The molecule has 1 aliphatic rings. The van der Waals surface area contributed by atoms with Crippen LogP contribution in [0.25, 0.3) is 27.5 Å². The number of hydrogen-bond donors (Lipinski definition) is 1. The van der Waals surface area contributed by atoms with Crippen molar-refractivity contribution in [2.75, 3.05) is 11.9 Å². The highest BCUT2D eigenvalue weighted by Crippen LogP contribution is 2.41. The average Bonchev–Trinajstić information content (AvgIpc) is 3.30. The number of aromatic nitrogens is 4. The Bertz CT molecular complexity index is 1160. The maximum atomic E-state index is 5.12. The molecule has 0 bridgehead atoms. The zero-order valence-corrected chi connectivity index (χ0v) is 17.5. The molecule has 5 nitrogen and oxygen atoms in total. The van der Waals surface area contributed by atoms with Gasteiger partial charge in [-0.25, -0.2) is 14.6 Å². The molecule has 0 amide bonds. The normalized spacial score (nSPS) is 12.9. The second kappa shape index (κ2) is 7.44. The molecule has 0 fully saturated rings. The summed E-state index contributed by atoms with van der Waals surface area (Å²) in [6.45, 7) is 5.07. The summed E-state index contributed by atoms with van der Waals surface area (Å²) < 4.78 is 2.13. The number of aryl methyl sites for hydroxylation is 2. The minimum absolute atomic E-state index is 0.859. The minimum Gasteiger partial charge on any atom is -0.370 e. The van der Waals surface area contributed by atoms with Crippen LogP contribution >= 0.6 is 11.3 Å². The number of para-hydroxylation sites is 1. The van der Waals surface area contributed by atoms with E-state index >= 15 is 0 Å². The van der Waals surface area contributed by atoms with Crippen LogP contribution in [0.5, 0.6) is 0 Å². The van der Waals surface area contributed by atoms with E-state index in [9.17, 15) is 0 Å². The fraction of sp³-hybridized carbons (Fsp3) is 0.261. The summed E-state index contributed by atoms with van der Waals surface area (Å²) in [5.41, 5.74) is 10.1. The average molecular weight is 402 g/mol. The van der Waals surface area contributed by atoms with Crippen LogP contribution in [0, 0.1) is 6.92 Å². The quantitative estimate of drug-likeness (QED) is 0.505. The molecule has 5 rings (SSSR count). The number of nitrogens with one attached hydrogen (secondary N) is 1. The lowest BCUT2D eigenvalue weighted by atomic mass is 10.0. The summed E-state index contributed by atoms with van der Waals surface area (Å²) in [6.07, 6.45) is 5.02. The summed E-state index contributed by atoms with van der Waals surface area (Å²) in [6, 6.07) is 12.6. The molecule has 3 aromatic heterocycles. The molecule has 0 spiro atoms. The molecule has 146 valence electrons. The summed E-state index contributed by atoms with van der Waals surface area (Å²) in [5, 5.41) is 8.39. The summed E-state index contributed by atoms with van der Waals surface area (Å²) in [5.74, 6) is 0.894. The molecule has 1 aromatic carbocycles. The van der Waals surface area contributed by atoms with Gasteiger partial charge in [-0.1, -0.05) is 18.2 Å². The van der Waals surface area contributed by atoms with Gasteiger partial charge in [0, 0.05) is 23.9 Å². The van der Waals surface area contributed by atoms with Crippen LogP contribution in [0.3, 0.4) is 0 Å². The number of hydrogen-bond acceptors (Lipinski definition) is 5. The van der Waals surface area contributed by atoms with Crippen LogP contribution in [-0.4, -0.2) is 26.3 Å². The molecule has 1 aliphatic carbocycles. The number of anilines is 1. The fourth-order valence-corrected chi connectivity index (χ4v) is 4.92. The van der Waals surface area contributed by atoms with Crippen molar-refractivity contribution < 1.29 is 0 Å². The maximum absolute atomic E-state index is 5.12. The minimum atomic E-state index is 0.859. The lowest BCUT2D eigenvalue weighted by Crippen LogP contribution is -2.02. The summed E-state index contributed by atoms with van der Waals surface area (Å²) in [7, 11) is 0. The number of nitrogens with zero attached hydrogens (tertiary/aromatic N) is 4. The number of thiazole rings is 1. The molecule has 0 radical (unpaired) electrons. The molecule has 3 heterocycles. The highest BCUT2D eigenvalue weighted by molar-refractivity contribution is 7.13. The zero-order valence-electron chi connectivity index (χ0n) is 16.6. The molecule has 29 heavy (non-hydrogen) atoms. The second-order valence-corrected chi connectivity index (χ2v) is 8.17. The van der Waals surface area contributed by atoms with Gasteiger partial charge in [0.15, 0.2) is 0 Å². The third-order valence-corrected chi connectivity index (χ3v) is 6.29. The Balaban J connectivity index is 1.74. The van der Waals surface area contributed by atoms with Crippen molar-refractivity contribution in [1.82, 2.24) is 19.7 Å². The monoisotopic (exact) mass is 401 g/mol. The Morgan fingerprint density at radius 1 is 1.10 bits per heavy atom. The first-order valence-corrected chi connectivity index (χ1v) is 10.9. The Labute approximate surface area is 174 Å². The van der Waals surface area contributed by atoms with Crippen molar-refractivity contribution in [1.29, 1.82) is 0 Å². The van der Waals surface area contributed by atoms with E-state index in [1.54, 1.807) is 11.3 Å². The van der Waals surface area contributed by atoms with Gasteiger partial charge in [-0.2, -0.15) is 5.10 Å². The van der Waals surface area contributed by atoms with E-state index in [0.29, 0.717) is 0 Å². The third-order valence-electron chi connectivity index (χ3n) is 5.42. The molecule has 0 unspecified atom stereocenters. The van der Waals surface area contributed by atoms with Gasteiger partial charge in [0.1, 0.15) is 5.82 Å². The first-order valence-electron chi connectivity index (χ1n) is 10.1. The van der Waals surface area contributed by atoms with Crippen molar-refractivity contribution in [3.63, 3.8) is 0 Å². The highest BCUT2D eigenvalue weighted by atomic mass is 32.1. The first-order chi connectivity index (χ1) is 14.3. The van der Waals surface area contributed by atoms with Crippen LogP contribution in [0.1, 0.15) is 30.2 Å². The molecule has 0 saturated heterocycles. The molecular formula is C23H23N5S. The zero-order chi connectivity index (χ0) is 19.8. The SMILES string of the molecule is CCNc1ccc(-c2nn(-c3ccccc3C)c3c2CCCc2ncsc2-3)cn1. The van der Waals surface area contributed by atoms with E-state index in [0.717, 1.165) is 48.6 Å². The number of rotatable bonds is 4. The summed E-state index contributed by atoms with van der Waals surface area (Å²) in [4.78, 5) is 10.5. The van der Waals surface area contributed by atoms with Gasteiger partial charge in [0.05, 0.1) is 33.2 Å². The van der Waals surface area contributed by atoms with E-state index in [4.69, 9.17) is 5.10 Å². The van der Waals surface area contributed by atoms with Gasteiger partial charge >= 0.3 is 0 Å². The van der Waals surface area contributed by atoms with Crippen LogP contribution in [0.2, 0.25) is 0 Å². The van der Waals surface area contributed by atoms with Crippen LogP contribution in [0.15, 0.2) is 48.1 Å². The highest BCUT2D eigenvalue weighted by Gasteiger charge is 2.27. The molecular weight excluding hydrogens is 378 g/mol. The molecule has 0 atom stereocenters. The van der Waals surface area contributed by atoms with Crippen LogP contribution in [-0.2, 0) is 12.8 Å². The lowest BCUT2D eigenvalue weighted by molar-refractivity contribution is 0.818. The van der Waals surface area contributed by atoms with E-state index in [2.05, 4.69) is 64.1 Å². The van der Waals surface area contributed by atoms with E-state index in [1.807, 2.05) is 17.8 Å². The molecule has 4 aromatic rings. The summed E-state index contributed by atoms with van der Waals surface area (Å²) >= 11 is 1.72. The van der Waals surface area contributed by atoms with Crippen molar-refractivity contribution in [2.24, 2.45) is 0 Å².